The van der Waals surface area contributed by atoms with Crippen molar-refractivity contribution in [3.05, 3.63) is 29.6 Å². The Balaban J connectivity index is 2.68. The van der Waals surface area contributed by atoms with Crippen molar-refractivity contribution in [1.29, 1.82) is 0 Å². The van der Waals surface area contributed by atoms with E-state index in [0.29, 0.717) is 0 Å². The second kappa shape index (κ2) is 6.37. The quantitative estimate of drug-likeness (QED) is 0.510. The number of benzene rings is 1. The number of terminal acetylenes is 1. The van der Waals surface area contributed by atoms with Gasteiger partial charge in [0.15, 0.2) is 0 Å². The Morgan fingerprint density at radius 3 is 2.78 bits per heavy atom. The largest absolute Gasteiger partial charge is 0.366 e. The summed E-state index contributed by atoms with van der Waals surface area (Å²) in [5.41, 5.74) is 5.00. The zero-order valence-electron chi connectivity index (χ0n) is 9.50. The van der Waals surface area contributed by atoms with E-state index in [9.17, 15) is 14.0 Å². The third-order valence-corrected chi connectivity index (χ3v) is 2.03. The van der Waals surface area contributed by atoms with Gasteiger partial charge in [0.1, 0.15) is 5.82 Å². The van der Waals surface area contributed by atoms with Gasteiger partial charge in [0.05, 0.1) is 18.7 Å². The van der Waals surface area contributed by atoms with Gasteiger partial charge in [-0.1, -0.05) is 5.92 Å². The van der Waals surface area contributed by atoms with E-state index >= 15 is 0 Å². The normalized spacial score (nSPS) is 9.56. The second-order valence-corrected chi connectivity index (χ2v) is 3.41. The van der Waals surface area contributed by atoms with Crippen LogP contribution in [0.1, 0.15) is 10.4 Å². The van der Waals surface area contributed by atoms with Gasteiger partial charge < -0.3 is 11.1 Å². The highest BCUT2D eigenvalue weighted by Crippen LogP contribution is 2.14. The van der Waals surface area contributed by atoms with Crippen molar-refractivity contribution in [2.75, 3.05) is 18.4 Å². The van der Waals surface area contributed by atoms with Crippen LogP contribution in [-0.2, 0) is 4.79 Å². The van der Waals surface area contributed by atoms with Crippen molar-refractivity contribution in [1.82, 2.24) is 5.32 Å². The van der Waals surface area contributed by atoms with Crippen molar-refractivity contribution in [2.45, 2.75) is 0 Å². The van der Waals surface area contributed by atoms with Crippen LogP contribution in [0.4, 0.5) is 10.1 Å². The first-order chi connectivity index (χ1) is 8.54. The minimum Gasteiger partial charge on any atom is -0.366 e. The summed E-state index contributed by atoms with van der Waals surface area (Å²) in [6.45, 7) is 0.289. The average molecular weight is 249 g/mol. The highest BCUT2D eigenvalue weighted by molar-refractivity contribution is 5.97. The van der Waals surface area contributed by atoms with Crippen LogP contribution >= 0.6 is 0 Å². The van der Waals surface area contributed by atoms with Crippen LogP contribution < -0.4 is 16.4 Å². The summed E-state index contributed by atoms with van der Waals surface area (Å²) >= 11 is 0. The van der Waals surface area contributed by atoms with E-state index < -0.39 is 11.7 Å². The topological polar surface area (TPSA) is 84.2 Å². The number of rotatable bonds is 5. The highest BCUT2D eigenvalue weighted by Gasteiger charge is 2.10. The summed E-state index contributed by atoms with van der Waals surface area (Å²) in [5, 5.41) is 5.17. The monoisotopic (exact) mass is 249 g/mol. The molecule has 0 saturated carbocycles. The van der Waals surface area contributed by atoms with Crippen molar-refractivity contribution >= 4 is 17.5 Å². The first-order valence-electron chi connectivity index (χ1n) is 5.08. The zero-order chi connectivity index (χ0) is 13.5. The van der Waals surface area contributed by atoms with E-state index in [4.69, 9.17) is 12.2 Å². The molecule has 5 nitrogen and oxygen atoms in total. The van der Waals surface area contributed by atoms with Crippen molar-refractivity contribution in [3.63, 3.8) is 0 Å². The summed E-state index contributed by atoms with van der Waals surface area (Å²) in [6.07, 6.45) is 5.00. The third-order valence-electron chi connectivity index (χ3n) is 2.03. The van der Waals surface area contributed by atoms with Crippen molar-refractivity contribution in [2.24, 2.45) is 5.73 Å². The molecule has 0 unspecified atom stereocenters. The molecular formula is C12H12FN3O2. The Hall–Kier alpha value is -2.39. The van der Waals surface area contributed by atoms with Gasteiger partial charge in [0.2, 0.25) is 5.91 Å². The van der Waals surface area contributed by atoms with Crippen LogP contribution in [0.15, 0.2) is 18.2 Å². The number of hydrogen-bond donors (Lipinski definition) is 3. The standard InChI is InChI=1S/C12H12FN3O2/c1-2-5-15-7-11(17)16-8-3-4-10(13)9(6-8)12(14)18/h1,3-4,6,15H,5,7H2,(H2,14,18)(H,16,17). The van der Waals surface area contributed by atoms with E-state index in [1.54, 1.807) is 0 Å². The zero-order valence-corrected chi connectivity index (χ0v) is 9.50. The Bertz CT molecular complexity index is 509. The first-order valence-corrected chi connectivity index (χ1v) is 5.08. The summed E-state index contributed by atoms with van der Waals surface area (Å²) < 4.78 is 13.2. The smallest absolute Gasteiger partial charge is 0.251 e. The van der Waals surface area contributed by atoms with Crippen LogP contribution in [0.5, 0.6) is 0 Å². The van der Waals surface area contributed by atoms with Gasteiger partial charge in [-0.15, -0.1) is 6.42 Å². The summed E-state index contributed by atoms with van der Waals surface area (Å²) in [4.78, 5) is 22.3. The Labute approximate surface area is 104 Å². The van der Waals surface area contributed by atoms with Crippen LogP contribution in [0.3, 0.4) is 0 Å². The number of carbonyl (C=O) groups is 2. The van der Waals surface area contributed by atoms with Gasteiger partial charge in [-0.25, -0.2) is 4.39 Å². The van der Waals surface area contributed by atoms with E-state index in [-0.39, 0.29) is 30.2 Å². The molecule has 1 rings (SSSR count). The van der Waals surface area contributed by atoms with E-state index in [2.05, 4.69) is 16.6 Å². The van der Waals surface area contributed by atoms with Gasteiger partial charge in [0, 0.05) is 5.69 Å². The molecule has 0 aliphatic rings. The number of primary amides is 1. The summed E-state index contributed by atoms with van der Waals surface area (Å²) in [7, 11) is 0. The minimum absolute atomic E-state index is 0.0213. The second-order valence-electron chi connectivity index (χ2n) is 3.41. The molecule has 94 valence electrons. The Morgan fingerprint density at radius 2 is 2.17 bits per heavy atom. The van der Waals surface area contributed by atoms with E-state index in [1.807, 2.05) is 0 Å². The Kier molecular flexibility index (Phi) is 4.84. The molecule has 1 aromatic carbocycles. The SMILES string of the molecule is C#CCNCC(=O)Nc1ccc(F)c(C(N)=O)c1. The first kappa shape index (κ1) is 13.7. The van der Waals surface area contributed by atoms with Gasteiger partial charge in [-0.2, -0.15) is 0 Å². The number of hydrogen-bond acceptors (Lipinski definition) is 3. The lowest BCUT2D eigenvalue weighted by Crippen LogP contribution is -2.28. The summed E-state index contributed by atoms with van der Waals surface area (Å²) in [5.74, 6) is 0.337. The maximum Gasteiger partial charge on any atom is 0.251 e. The Morgan fingerprint density at radius 1 is 1.44 bits per heavy atom. The molecule has 0 aliphatic heterocycles. The minimum atomic E-state index is -0.894. The fraction of sp³-hybridized carbons (Fsp3) is 0.167. The molecule has 0 aliphatic carbocycles. The molecule has 0 aromatic heterocycles. The molecule has 4 N–H and O–H groups in total. The average Bonchev–Trinajstić information content (AvgIpc) is 2.31. The number of halogens is 1. The lowest BCUT2D eigenvalue weighted by Gasteiger charge is -2.07. The fourth-order valence-electron chi connectivity index (χ4n) is 1.25. The van der Waals surface area contributed by atoms with Gasteiger partial charge >= 0.3 is 0 Å². The molecule has 0 fully saturated rings. The maximum atomic E-state index is 13.2. The molecule has 2 amide bonds. The predicted octanol–water partition coefficient (Wildman–Crippen LogP) is 0.0859. The molecule has 6 heteroatoms. The number of nitrogens with one attached hydrogen (secondary N) is 2. The number of anilines is 1. The van der Waals surface area contributed by atoms with E-state index in [1.165, 1.54) is 12.1 Å². The molecule has 0 saturated heterocycles. The van der Waals surface area contributed by atoms with Crippen LogP contribution in [0.2, 0.25) is 0 Å². The molecular weight excluding hydrogens is 237 g/mol. The van der Waals surface area contributed by atoms with Gasteiger partial charge in [-0.05, 0) is 18.2 Å². The molecule has 0 bridgehead atoms. The van der Waals surface area contributed by atoms with Crippen LogP contribution in [0.25, 0.3) is 0 Å². The van der Waals surface area contributed by atoms with Crippen molar-refractivity contribution in [3.8, 4) is 12.3 Å². The summed E-state index contributed by atoms with van der Waals surface area (Å²) in [6, 6.07) is 3.57. The number of nitrogens with two attached hydrogens (primary N) is 1. The van der Waals surface area contributed by atoms with Gasteiger partial charge in [-0.3, -0.25) is 14.9 Å². The third kappa shape index (κ3) is 3.88. The maximum absolute atomic E-state index is 13.2. The number of amides is 2. The number of carbonyl (C=O) groups excluding carboxylic acids is 2. The molecule has 0 spiro atoms. The molecule has 18 heavy (non-hydrogen) atoms. The molecule has 0 heterocycles. The van der Waals surface area contributed by atoms with Crippen LogP contribution in [-0.4, -0.2) is 24.9 Å². The molecule has 0 atom stereocenters. The fourth-order valence-corrected chi connectivity index (χ4v) is 1.25. The molecule has 0 radical (unpaired) electrons. The predicted molar refractivity (Wildman–Crippen MR) is 65.3 cm³/mol. The highest BCUT2D eigenvalue weighted by atomic mass is 19.1. The van der Waals surface area contributed by atoms with Gasteiger partial charge in [0.25, 0.3) is 5.91 Å². The van der Waals surface area contributed by atoms with Crippen LogP contribution in [0, 0.1) is 18.2 Å². The van der Waals surface area contributed by atoms with Crippen molar-refractivity contribution < 1.29 is 14.0 Å². The lowest BCUT2D eigenvalue weighted by molar-refractivity contribution is -0.115. The molecule has 1 aromatic rings. The lowest BCUT2D eigenvalue weighted by atomic mass is 10.2. The van der Waals surface area contributed by atoms with E-state index in [0.717, 1.165) is 6.07 Å².